The maximum atomic E-state index is 10.7. The Morgan fingerprint density at radius 3 is 2.62 bits per heavy atom. The van der Waals surface area contributed by atoms with Gasteiger partial charge in [-0.05, 0) is 26.7 Å². The van der Waals surface area contributed by atoms with Gasteiger partial charge in [0.25, 0.3) is 0 Å². The van der Waals surface area contributed by atoms with Crippen LogP contribution in [0.3, 0.4) is 0 Å². The molecule has 1 fully saturated rings. The third-order valence-electron chi connectivity index (χ3n) is 2.94. The summed E-state index contributed by atoms with van der Waals surface area (Å²) in [7, 11) is 0. The van der Waals surface area contributed by atoms with Gasteiger partial charge < -0.3 is 14.9 Å². The van der Waals surface area contributed by atoms with Crippen molar-refractivity contribution in [2.24, 2.45) is 0 Å². The van der Waals surface area contributed by atoms with Crippen molar-refractivity contribution in [2.45, 2.75) is 44.9 Å². The zero-order valence-electron chi connectivity index (χ0n) is 9.93. The van der Waals surface area contributed by atoms with Gasteiger partial charge in [-0.15, -0.1) is 0 Å². The molecule has 0 aliphatic carbocycles. The summed E-state index contributed by atoms with van der Waals surface area (Å²) < 4.78 is 5.43. The van der Waals surface area contributed by atoms with Crippen LogP contribution in [0.4, 0.5) is 0 Å². The Labute approximate surface area is 96.0 Å². The third kappa shape index (κ3) is 3.73. The Bertz CT molecular complexity index is 232. The van der Waals surface area contributed by atoms with Crippen LogP contribution in [-0.4, -0.2) is 59.0 Å². The molecular weight excluding hydrogens is 210 g/mol. The molecule has 16 heavy (non-hydrogen) atoms. The monoisotopic (exact) mass is 231 g/mol. The summed E-state index contributed by atoms with van der Waals surface area (Å²) in [6.07, 6.45) is 0.708. The molecule has 1 rings (SSSR count). The summed E-state index contributed by atoms with van der Waals surface area (Å²) >= 11 is 0. The van der Waals surface area contributed by atoms with Gasteiger partial charge in [0.2, 0.25) is 0 Å². The first-order valence-corrected chi connectivity index (χ1v) is 5.77. The summed E-state index contributed by atoms with van der Waals surface area (Å²) in [5.74, 6) is -0.874. The van der Waals surface area contributed by atoms with E-state index in [0.29, 0.717) is 25.6 Å². The minimum Gasteiger partial charge on any atom is -0.479 e. The second-order valence-corrected chi connectivity index (χ2v) is 4.47. The number of rotatable bonds is 6. The normalized spacial score (nSPS) is 25.6. The lowest BCUT2D eigenvalue weighted by Gasteiger charge is -2.28. The molecule has 0 amide bonds. The molecule has 2 unspecified atom stereocenters. The van der Waals surface area contributed by atoms with E-state index in [-0.39, 0.29) is 12.7 Å². The second-order valence-electron chi connectivity index (χ2n) is 4.47. The van der Waals surface area contributed by atoms with Crippen LogP contribution in [0, 0.1) is 0 Å². The third-order valence-corrected chi connectivity index (χ3v) is 2.94. The van der Waals surface area contributed by atoms with E-state index in [1.807, 2.05) is 0 Å². The molecule has 2 atom stereocenters. The van der Waals surface area contributed by atoms with E-state index in [1.54, 1.807) is 0 Å². The zero-order valence-corrected chi connectivity index (χ0v) is 9.93. The number of carbonyl (C=O) groups is 1. The molecular formula is C11H21NO4. The molecule has 1 saturated heterocycles. The number of nitrogens with zero attached hydrogens (tertiary/aromatic N) is 1. The number of carboxylic acid groups (broad SMARTS) is 1. The quantitative estimate of drug-likeness (QED) is 0.689. The van der Waals surface area contributed by atoms with E-state index in [2.05, 4.69) is 18.7 Å². The maximum absolute atomic E-state index is 10.7. The topological polar surface area (TPSA) is 70.0 Å². The smallest absolute Gasteiger partial charge is 0.332 e. The first-order chi connectivity index (χ1) is 7.54. The van der Waals surface area contributed by atoms with Crippen LogP contribution in [0.15, 0.2) is 0 Å². The number of carboxylic acids is 1. The maximum Gasteiger partial charge on any atom is 0.332 e. The van der Waals surface area contributed by atoms with Gasteiger partial charge in [-0.1, -0.05) is 0 Å². The van der Waals surface area contributed by atoms with Gasteiger partial charge in [-0.25, -0.2) is 4.79 Å². The molecule has 1 heterocycles. The van der Waals surface area contributed by atoms with Gasteiger partial charge in [0, 0.05) is 19.1 Å². The average Bonchev–Trinajstić information content (AvgIpc) is 2.65. The standard InChI is InChI=1S/C11H21NO4/c1-8(2)12(5-6-13)7-9-3-4-10(16-9)11(14)15/h8-10,13H,3-7H2,1-2H3,(H,14,15). The van der Waals surface area contributed by atoms with Crippen LogP contribution in [0.2, 0.25) is 0 Å². The number of hydrogen-bond donors (Lipinski definition) is 2. The second kappa shape index (κ2) is 6.18. The van der Waals surface area contributed by atoms with Crippen LogP contribution in [0.1, 0.15) is 26.7 Å². The van der Waals surface area contributed by atoms with Gasteiger partial charge in [0.05, 0.1) is 12.7 Å². The van der Waals surface area contributed by atoms with E-state index >= 15 is 0 Å². The fourth-order valence-electron chi connectivity index (χ4n) is 1.97. The molecule has 2 N–H and O–H groups in total. The summed E-state index contributed by atoms with van der Waals surface area (Å²) in [5.41, 5.74) is 0. The van der Waals surface area contributed by atoms with Gasteiger partial charge in [0.15, 0.2) is 6.10 Å². The van der Waals surface area contributed by atoms with Gasteiger partial charge in [-0.3, -0.25) is 4.90 Å². The average molecular weight is 231 g/mol. The summed E-state index contributed by atoms with van der Waals surface area (Å²) in [4.78, 5) is 12.8. The molecule has 0 aromatic heterocycles. The Morgan fingerprint density at radius 2 is 2.19 bits per heavy atom. The number of hydrogen-bond acceptors (Lipinski definition) is 4. The van der Waals surface area contributed by atoms with Crippen molar-refractivity contribution in [2.75, 3.05) is 19.7 Å². The van der Waals surface area contributed by atoms with Crippen molar-refractivity contribution < 1.29 is 19.7 Å². The van der Waals surface area contributed by atoms with Crippen LogP contribution in [0.5, 0.6) is 0 Å². The molecule has 5 heteroatoms. The molecule has 1 aliphatic heterocycles. The lowest BCUT2D eigenvalue weighted by atomic mass is 10.1. The highest BCUT2D eigenvalue weighted by molar-refractivity contribution is 5.72. The first-order valence-electron chi connectivity index (χ1n) is 5.77. The van der Waals surface area contributed by atoms with Crippen LogP contribution in [0.25, 0.3) is 0 Å². The summed E-state index contributed by atoms with van der Waals surface area (Å²) in [6.45, 7) is 5.53. The Kier molecular flexibility index (Phi) is 5.18. The van der Waals surface area contributed by atoms with Gasteiger partial charge in [-0.2, -0.15) is 0 Å². The zero-order chi connectivity index (χ0) is 12.1. The van der Waals surface area contributed by atoms with Crippen molar-refractivity contribution in [1.82, 2.24) is 4.90 Å². The van der Waals surface area contributed by atoms with Crippen molar-refractivity contribution >= 4 is 5.97 Å². The summed E-state index contributed by atoms with van der Waals surface area (Å²) in [5, 5.41) is 17.7. The lowest BCUT2D eigenvalue weighted by Crippen LogP contribution is -2.39. The van der Waals surface area contributed by atoms with Crippen molar-refractivity contribution in [3.05, 3.63) is 0 Å². The van der Waals surface area contributed by atoms with Crippen LogP contribution in [-0.2, 0) is 9.53 Å². The minimum atomic E-state index is -0.874. The van der Waals surface area contributed by atoms with Crippen molar-refractivity contribution in [3.8, 4) is 0 Å². The molecule has 94 valence electrons. The number of ether oxygens (including phenoxy) is 1. The number of aliphatic carboxylic acids is 1. The molecule has 5 nitrogen and oxygen atoms in total. The van der Waals surface area contributed by atoms with E-state index < -0.39 is 12.1 Å². The summed E-state index contributed by atoms with van der Waals surface area (Å²) in [6, 6.07) is 0.333. The number of aliphatic hydroxyl groups excluding tert-OH is 1. The Balaban J connectivity index is 2.39. The Morgan fingerprint density at radius 1 is 1.50 bits per heavy atom. The molecule has 0 aromatic carbocycles. The largest absolute Gasteiger partial charge is 0.479 e. The van der Waals surface area contributed by atoms with Crippen molar-refractivity contribution in [1.29, 1.82) is 0 Å². The number of aliphatic hydroxyl groups is 1. The molecule has 0 bridgehead atoms. The van der Waals surface area contributed by atoms with Gasteiger partial charge >= 0.3 is 5.97 Å². The molecule has 1 aliphatic rings. The predicted molar refractivity (Wildman–Crippen MR) is 59.3 cm³/mol. The highest BCUT2D eigenvalue weighted by Gasteiger charge is 2.31. The van der Waals surface area contributed by atoms with Gasteiger partial charge in [0.1, 0.15) is 0 Å². The van der Waals surface area contributed by atoms with E-state index in [0.717, 1.165) is 6.42 Å². The van der Waals surface area contributed by atoms with E-state index in [4.69, 9.17) is 14.9 Å². The highest BCUT2D eigenvalue weighted by atomic mass is 16.5. The molecule has 0 aromatic rings. The molecule has 0 spiro atoms. The SMILES string of the molecule is CC(C)N(CCO)CC1CCC(C(=O)O)O1. The Hall–Kier alpha value is -0.650. The molecule has 0 radical (unpaired) electrons. The minimum absolute atomic E-state index is 0.0185. The fraction of sp³-hybridized carbons (Fsp3) is 0.909. The van der Waals surface area contributed by atoms with Crippen LogP contribution < -0.4 is 0 Å². The van der Waals surface area contributed by atoms with Crippen LogP contribution >= 0.6 is 0 Å². The predicted octanol–water partition coefficient (Wildman–Crippen LogP) is 0.321. The van der Waals surface area contributed by atoms with E-state index in [9.17, 15) is 4.79 Å². The molecule has 0 saturated carbocycles. The van der Waals surface area contributed by atoms with Crippen molar-refractivity contribution in [3.63, 3.8) is 0 Å². The van der Waals surface area contributed by atoms with E-state index in [1.165, 1.54) is 0 Å². The fourth-order valence-corrected chi connectivity index (χ4v) is 1.97. The lowest BCUT2D eigenvalue weighted by molar-refractivity contribution is -0.149. The first kappa shape index (κ1) is 13.4. The highest BCUT2D eigenvalue weighted by Crippen LogP contribution is 2.21.